The molecule has 10 heteroatoms. The molecule has 0 unspecified atom stereocenters. The molecule has 1 aliphatic heterocycles. The van der Waals surface area contributed by atoms with E-state index in [1.54, 1.807) is 12.1 Å². The third kappa shape index (κ3) is 5.10. The molecule has 25 heavy (non-hydrogen) atoms. The second-order valence-corrected chi connectivity index (χ2v) is 5.57. The number of pyridine rings is 1. The topological polar surface area (TPSA) is 118 Å². The lowest BCUT2D eigenvalue weighted by Gasteiger charge is -2.21. The van der Waals surface area contributed by atoms with E-state index in [1.165, 1.54) is 18.2 Å². The Kier molecular flexibility index (Phi) is 6.21. The summed E-state index contributed by atoms with van der Waals surface area (Å²) in [6.45, 7) is 0.131. The fourth-order valence-corrected chi connectivity index (χ4v) is 2.61. The van der Waals surface area contributed by atoms with Gasteiger partial charge in [-0.05, 0) is 24.1 Å². The van der Waals surface area contributed by atoms with Gasteiger partial charge in [0.25, 0.3) is 0 Å². The van der Waals surface area contributed by atoms with Crippen LogP contribution >= 0.6 is 0 Å². The van der Waals surface area contributed by atoms with E-state index >= 15 is 0 Å². The van der Waals surface area contributed by atoms with Crippen molar-refractivity contribution in [1.29, 1.82) is 0 Å². The first-order valence-electron chi connectivity index (χ1n) is 7.59. The minimum Gasteiger partial charge on any atom is -0.493 e. The largest absolute Gasteiger partial charge is 0.493 e. The Balaban J connectivity index is 1.93. The number of ether oxygens (including phenoxy) is 2. The highest BCUT2D eigenvalue weighted by molar-refractivity contribution is 6.30. The molecule has 0 aromatic carbocycles. The van der Waals surface area contributed by atoms with Gasteiger partial charge in [-0.15, -0.1) is 0 Å². The highest BCUT2D eigenvalue weighted by atomic mass is 16.5. The Labute approximate surface area is 145 Å². The van der Waals surface area contributed by atoms with Gasteiger partial charge >= 0.3 is 12.1 Å². The molecule has 1 saturated heterocycles. The molecule has 1 aromatic heterocycles. The molecule has 2 rings (SSSR count). The Morgan fingerprint density at radius 2 is 2.24 bits per heavy atom. The van der Waals surface area contributed by atoms with Gasteiger partial charge in [0.1, 0.15) is 26.2 Å². The molecule has 9 nitrogen and oxygen atoms in total. The van der Waals surface area contributed by atoms with Gasteiger partial charge in [-0.3, -0.25) is 9.78 Å². The number of amides is 2. The van der Waals surface area contributed by atoms with Gasteiger partial charge in [-0.2, -0.15) is 0 Å². The molecule has 1 fully saturated rings. The average Bonchev–Trinajstić information content (AvgIpc) is 3.02. The Morgan fingerprint density at radius 3 is 2.88 bits per heavy atom. The molecule has 2 N–H and O–H groups in total. The van der Waals surface area contributed by atoms with E-state index in [4.69, 9.17) is 12.6 Å². The zero-order valence-corrected chi connectivity index (χ0v) is 13.7. The first-order chi connectivity index (χ1) is 11.9. The summed E-state index contributed by atoms with van der Waals surface area (Å²) >= 11 is 0. The number of carboxylic acids is 1. The van der Waals surface area contributed by atoms with Crippen molar-refractivity contribution >= 4 is 31.4 Å². The maximum atomic E-state index is 12.2. The number of nitrogens with one attached hydrogen (secondary N) is 1. The van der Waals surface area contributed by atoms with E-state index in [-0.39, 0.29) is 32.0 Å². The van der Waals surface area contributed by atoms with Crippen molar-refractivity contribution in [2.75, 3.05) is 26.8 Å². The minimum atomic E-state index is -1.10. The first kappa shape index (κ1) is 18.6. The van der Waals surface area contributed by atoms with Crippen molar-refractivity contribution in [2.24, 2.45) is 5.92 Å². The van der Waals surface area contributed by atoms with Crippen molar-refractivity contribution in [2.45, 2.75) is 12.5 Å². The molecule has 2 amide bonds. The summed E-state index contributed by atoms with van der Waals surface area (Å²) < 4.78 is 9.99. The molecule has 2 radical (unpaired) electrons. The number of likely N-dealkylation sites (tertiary alicyclic amines) is 1. The molecular formula is C15H18BN3O6. The van der Waals surface area contributed by atoms with Gasteiger partial charge in [-0.1, -0.05) is 0 Å². The van der Waals surface area contributed by atoms with E-state index in [1.807, 2.05) is 0 Å². The van der Waals surface area contributed by atoms with Crippen LogP contribution in [0, 0.1) is 5.92 Å². The van der Waals surface area contributed by atoms with Crippen molar-refractivity contribution in [1.82, 2.24) is 15.2 Å². The zero-order valence-electron chi connectivity index (χ0n) is 13.7. The van der Waals surface area contributed by atoms with Gasteiger partial charge < -0.3 is 24.8 Å². The molecule has 2 atom stereocenters. The number of carbonyl (C=O) groups excluding carboxylic acids is 2. The number of hydrogen-bond donors (Lipinski definition) is 2. The van der Waals surface area contributed by atoms with E-state index in [0.717, 1.165) is 0 Å². The molecule has 0 spiro atoms. The SMILES string of the molecule is [B]c1cc(OC[C@@H]2C[C@@H](C(=O)O)N(C(=O)CNC(=O)OC)C2)ccn1. The number of aliphatic carboxylic acids is 1. The van der Waals surface area contributed by atoms with Crippen molar-refractivity contribution in [3.63, 3.8) is 0 Å². The quantitative estimate of drug-likeness (QED) is 0.628. The van der Waals surface area contributed by atoms with E-state index < -0.39 is 24.0 Å². The van der Waals surface area contributed by atoms with Crippen molar-refractivity contribution < 1.29 is 29.0 Å². The monoisotopic (exact) mass is 347 g/mol. The average molecular weight is 347 g/mol. The van der Waals surface area contributed by atoms with Crippen LogP contribution in [0.2, 0.25) is 0 Å². The van der Waals surface area contributed by atoms with E-state index in [2.05, 4.69) is 15.0 Å². The van der Waals surface area contributed by atoms with Crippen LogP contribution in [0.5, 0.6) is 5.75 Å². The van der Waals surface area contributed by atoms with Crippen LogP contribution in [-0.4, -0.2) is 73.7 Å². The number of hydrogen-bond acceptors (Lipinski definition) is 6. The number of aromatic nitrogens is 1. The normalized spacial score (nSPS) is 19.3. The van der Waals surface area contributed by atoms with Crippen LogP contribution < -0.4 is 15.6 Å². The summed E-state index contributed by atoms with van der Waals surface area (Å²) in [7, 11) is 6.74. The Morgan fingerprint density at radius 1 is 1.48 bits per heavy atom. The highest BCUT2D eigenvalue weighted by Crippen LogP contribution is 2.24. The molecule has 1 aliphatic rings. The Bertz CT molecular complexity index is 656. The summed E-state index contributed by atoms with van der Waals surface area (Å²) in [6, 6.07) is 2.25. The lowest BCUT2D eigenvalue weighted by molar-refractivity contribution is -0.147. The second-order valence-electron chi connectivity index (χ2n) is 5.57. The molecule has 0 saturated carbocycles. The van der Waals surface area contributed by atoms with Gasteiger partial charge in [0.2, 0.25) is 5.91 Å². The van der Waals surface area contributed by atoms with Gasteiger partial charge in [0.05, 0.1) is 13.7 Å². The smallest absolute Gasteiger partial charge is 0.407 e. The van der Waals surface area contributed by atoms with Crippen LogP contribution in [0.3, 0.4) is 0 Å². The van der Waals surface area contributed by atoms with Crippen molar-refractivity contribution in [3.8, 4) is 5.75 Å². The molecule has 132 valence electrons. The number of methoxy groups -OCH3 is 1. The summed E-state index contributed by atoms with van der Waals surface area (Å²) in [5.74, 6) is -1.22. The predicted molar refractivity (Wildman–Crippen MR) is 86.8 cm³/mol. The van der Waals surface area contributed by atoms with E-state index in [0.29, 0.717) is 11.3 Å². The summed E-state index contributed by atoms with van der Waals surface area (Å²) in [5.41, 5.74) is 0.318. The van der Waals surface area contributed by atoms with E-state index in [9.17, 15) is 19.5 Å². The molecule has 2 heterocycles. The summed E-state index contributed by atoms with van der Waals surface area (Å²) in [6.07, 6.45) is 1.02. The molecule has 1 aromatic rings. The predicted octanol–water partition coefficient (Wildman–Crippen LogP) is -1.09. The van der Waals surface area contributed by atoms with Crippen LogP contribution in [0.1, 0.15) is 6.42 Å². The summed E-state index contributed by atoms with van der Waals surface area (Å²) in [4.78, 5) is 39.7. The highest BCUT2D eigenvalue weighted by Gasteiger charge is 2.39. The van der Waals surface area contributed by atoms with Crippen LogP contribution in [-0.2, 0) is 14.3 Å². The third-order valence-corrected chi connectivity index (χ3v) is 3.80. The maximum absolute atomic E-state index is 12.2. The second kappa shape index (κ2) is 8.36. The minimum absolute atomic E-state index is 0.155. The lowest BCUT2D eigenvalue weighted by Crippen LogP contribution is -2.45. The third-order valence-electron chi connectivity index (χ3n) is 3.80. The number of alkyl carbamates (subject to hydrolysis) is 1. The molecular weight excluding hydrogens is 329 g/mol. The number of nitrogens with zero attached hydrogens (tertiary/aromatic N) is 2. The van der Waals surface area contributed by atoms with Gasteiger partial charge in [0, 0.05) is 18.7 Å². The molecule has 0 bridgehead atoms. The van der Waals surface area contributed by atoms with Crippen LogP contribution in [0.15, 0.2) is 18.3 Å². The zero-order chi connectivity index (χ0) is 18.4. The number of carbonyl (C=O) groups is 3. The fraction of sp³-hybridized carbons (Fsp3) is 0.467. The number of rotatable bonds is 6. The standard InChI is InChI=1S/C15H18BN3O6/c1-24-15(23)18-6-13(20)19-7-9(4-11(19)14(21)22)8-25-10-2-3-17-12(16)5-10/h2-3,5,9,11H,4,6-8H2,1H3,(H,18,23)(H,21,22)/t9-,11+/m1/s1. The van der Waals surface area contributed by atoms with Crippen LogP contribution in [0.4, 0.5) is 4.79 Å². The van der Waals surface area contributed by atoms with Crippen molar-refractivity contribution in [3.05, 3.63) is 18.3 Å². The Hall–Kier alpha value is -2.78. The fourth-order valence-electron chi connectivity index (χ4n) is 2.61. The molecule has 0 aliphatic carbocycles. The van der Waals surface area contributed by atoms with Crippen LogP contribution in [0.25, 0.3) is 0 Å². The number of carboxylic acid groups (broad SMARTS) is 1. The maximum Gasteiger partial charge on any atom is 0.407 e. The van der Waals surface area contributed by atoms with Gasteiger partial charge in [-0.25, -0.2) is 9.59 Å². The van der Waals surface area contributed by atoms with Gasteiger partial charge in [0.15, 0.2) is 0 Å². The lowest BCUT2D eigenvalue weighted by atomic mass is 10.0. The first-order valence-corrected chi connectivity index (χ1v) is 7.59. The summed E-state index contributed by atoms with van der Waals surface area (Å²) in [5, 5.41) is 11.6.